The zero-order chi connectivity index (χ0) is 13.0. The molecule has 0 aliphatic rings. The van der Waals surface area contributed by atoms with Gasteiger partial charge in [-0.05, 0) is 23.8 Å². The van der Waals surface area contributed by atoms with Crippen molar-refractivity contribution >= 4 is 10.0 Å². The fraction of sp³-hybridized carbons (Fsp3) is 0.167. The maximum absolute atomic E-state index is 12.0. The van der Waals surface area contributed by atoms with Crippen LogP contribution in [0, 0.1) is 0 Å². The highest BCUT2D eigenvalue weighted by atomic mass is 32.2. The van der Waals surface area contributed by atoms with Crippen LogP contribution in [0.25, 0.3) is 0 Å². The van der Waals surface area contributed by atoms with Gasteiger partial charge in [0.2, 0.25) is 10.0 Å². The summed E-state index contributed by atoms with van der Waals surface area (Å²) < 4.78 is 31.3. The minimum atomic E-state index is -3.49. The smallest absolute Gasteiger partial charge is 0.240 e. The molecule has 5 nitrogen and oxygen atoms in total. The number of hydrogen-bond donors (Lipinski definition) is 2. The molecule has 0 unspecified atom stereocenters. The molecule has 18 heavy (non-hydrogen) atoms. The lowest BCUT2D eigenvalue weighted by Crippen LogP contribution is -2.23. The first kappa shape index (κ1) is 12.8. The standard InChI is InChI=1S/C12H14N2O3S/c13-7-10-1-3-12(4-2-10)18(15,16)14-8-11-5-6-17-9-11/h1-6,9,14H,7-8,13H2. The molecule has 1 heterocycles. The number of furan rings is 1. The average Bonchev–Trinajstić information content (AvgIpc) is 2.90. The normalized spacial score (nSPS) is 11.6. The summed E-state index contributed by atoms with van der Waals surface area (Å²) in [5.74, 6) is 0. The summed E-state index contributed by atoms with van der Waals surface area (Å²) in [7, 11) is -3.49. The maximum Gasteiger partial charge on any atom is 0.240 e. The highest BCUT2D eigenvalue weighted by molar-refractivity contribution is 7.89. The van der Waals surface area contributed by atoms with E-state index in [4.69, 9.17) is 10.2 Å². The van der Waals surface area contributed by atoms with Crippen molar-refractivity contribution in [3.8, 4) is 0 Å². The number of benzene rings is 1. The van der Waals surface area contributed by atoms with E-state index in [2.05, 4.69) is 4.72 Å². The minimum absolute atomic E-state index is 0.206. The van der Waals surface area contributed by atoms with E-state index in [1.165, 1.54) is 12.5 Å². The van der Waals surface area contributed by atoms with Gasteiger partial charge in [-0.15, -0.1) is 0 Å². The van der Waals surface area contributed by atoms with Crippen molar-refractivity contribution in [2.24, 2.45) is 5.73 Å². The Morgan fingerprint density at radius 3 is 2.39 bits per heavy atom. The van der Waals surface area contributed by atoms with Crippen LogP contribution in [-0.2, 0) is 23.1 Å². The summed E-state index contributed by atoms with van der Waals surface area (Å²) in [5, 5.41) is 0. The Kier molecular flexibility index (Phi) is 3.81. The van der Waals surface area contributed by atoms with E-state index < -0.39 is 10.0 Å². The topological polar surface area (TPSA) is 85.3 Å². The second kappa shape index (κ2) is 5.34. The SMILES string of the molecule is NCc1ccc(S(=O)(=O)NCc2ccoc2)cc1. The number of nitrogens with one attached hydrogen (secondary N) is 1. The third-order valence-electron chi connectivity index (χ3n) is 2.52. The summed E-state index contributed by atoms with van der Waals surface area (Å²) in [6, 6.07) is 8.19. The third-order valence-corrected chi connectivity index (χ3v) is 3.93. The van der Waals surface area contributed by atoms with E-state index in [0.29, 0.717) is 6.54 Å². The van der Waals surface area contributed by atoms with Crippen LogP contribution in [0.2, 0.25) is 0 Å². The first-order valence-electron chi connectivity index (χ1n) is 5.41. The van der Waals surface area contributed by atoms with Gasteiger partial charge >= 0.3 is 0 Å². The molecule has 2 aromatic rings. The molecule has 1 aromatic carbocycles. The molecule has 6 heteroatoms. The second-order valence-corrected chi connectivity index (χ2v) is 5.57. The summed E-state index contributed by atoms with van der Waals surface area (Å²) in [6.45, 7) is 0.597. The molecule has 0 bridgehead atoms. The molecule has 0 saturated heterocycles. The molecule has 0 atom stereocenters. The van der Waals surface area contributed by atoms with Crippen LogP contribution in [0.1, 0.15) is 11.1 Å². The Bertz CT molecular complexity index is 589. The predicted octanol–water partition coefficient (Wildman–Crippen LogP) is 1.22. The number of nitrogens with two attached hydrogens (primary N) is 1. The molecule has 3 N–H and O–H groups in total. The quantitative estimate of drug-likeness (QED) is 0.852. The van der Waals surface area contributed by atoms with Gasteiger partial charge in [0.1, 0.15) is 0 Å². The van der Waals surface area contributed by atoms with E-state index >= 15 is 0 Å². The van der Waals surface area contributed by atoms with E-state index in [0.717, 1.165) is 11.1 Å². The zero-order valence-electron chi connectivity index (χ0n) is 9.67. The molecule has 0 spiro atoms. The van der Waals surface area contributed by atoms with Crippen molar-refractivity contribution in [2.75, 3.05) is 0 Å². The molecule has 0 aliphatic carbocycles. The summed E-state index contributed by atoms with van der Waals surface area (Å²) >= 11 is 0. The van der Waals surface area contributed by atoms with Gasteiger partial charge in [0, 0.05) is 18.7 Å². The van der Waals surface area contributed by atoms with Crippen molar-refractivity contribution in [3.05, 3.63) is 54.0 Å². The van der Waals surface area contributed by atoms with Gasteiger partial charge < -0.3 is 10.2 Å². The van der Waals surface area contributed by atoms with Crippen LogP contribution in [0.5, 0.6) is 0 Å². The Balaban J connectivity index is 2.09. The number of sulfonamides is 1. The van der Waals surface area contributed by atoms with E-state index in [1.54, 1.807) is 30.3 Å². The zero-order valence-corrected chi connectivity index (χ0v) is 10.5. The summed E-state index contributed by atoms with van der Waals surface area (Å²) in [6.07, 6.45) is 3.00. The average molecular weight is 266 g/mol. The first-order chi connectivity index (χ1) is 8.62. The lowest BCUT2D eigenvalue weighted by molar-refractivity contribution is 0.561. The van der Waals surface area contributed by atoms with Crippen LogP contribution >= 0.6 is 0 Å². The fourth-order valence-corrected chi connectivity index (χ4v) is 2.48. The molecular weight excluding hydrogens is 252 g/mol. The summed E-state index contributed by atoms with van der Waals surface area (Å²) in [4.78, 5) is 0.225. The largest absolute Gasteiger partial charge is 0.472 e. The van der Waals surface area contributed by atoms with E-state index in [1.807, 2.05) is 0 Å². The summed E-state index contributed by atoms with van der Waals surface area (Å²) in [5.41, 5.74) is 7.12. The van der Waals surface area contributed by atoms with Crippen molar-refractivity contribution in [2.45, 2.75) is 18.0 Å². The van der Waals surface area contributed by atoms with Crippen molar-refractivity contribution < 1.29 is 12.8 Å². The van der Waals surface area contributed by atoms with Gasteiger partial charge in [-0.3, -0.25) is 0 Å². The number of hydrogen-bond acceptors (Lipinski definition) is 4. The molecular formula is C12H14N2O3S. The lowest BCUT2D eigenvalue weighted by atomic mass is 10.2. The van der Waals surface area contributed by atoms with Crippen LogP contribution < -0.4 is 10.5 Å². The third kappa shape index (κ3) is 2.98. The molecule has 0 fully saturated rings. The Morgan fingerprint density at radius 1 is 1.11 bits per heavy atom. The molecule has 0 aliphatic heterocycles. The minimum Gasteiger partial charge on any atom is -0.472 e. The van der Waals surface area contributed by atoms with Crippen LogP contribution in [0.15, 0.2) is 52.2 Å². The van der Waals surface area contributed by atoms with Gasteiger partial charge in [0.25, 0.3) is 0 Å². The van der Waals surface area contributed by atoms with Gasteiger partial charge in [-0.25, -0.2) is 13.1 Å². The van der Waals surface area contributed by atoms with Crippen LogP contribution in [0.4, 0.5) is 0 Å². The van der Waals surface area contributed by atoms with Gasteiger partial charge in [-0.2, -0.15) is 0 Å². The monoisotopic (exact) mass is 266 g/mol. The molecule has 96 valence electrons. The Morgan fingerprint density at radius 2 is 1.83 bits per heavy atom. The predicted molar refractivity (Wildman–Crippen MR) is 67.1 cm³/mol. The molecule has 1 aromatic heterocycles. The van der Waals surface area contributed by atoms with Crippen molar-refractivity contribution in [1.82, 2.24) is 4.72 Å². The van der Waals surface area contributed by atoms with Crippen molar-refractivity contribution in [3.63, 3.8) is 0 Å². The highest BCUT2D eigenvalue weighted by Crippen LogP contribution is 2.11. The van der Waals surface area contributed by atoms with Crippen LogP contribution in [-0.4, -0.2) is 8.42 Å². The van der Waals surface area contributed by atoms with Crippen molar-refractivity contribution in [1.29, 1.82) is 0 Å². The molecule has 2 rings (SSSR count). The first-order valence-corrected chi connectivity index (χ1v) is 6.90. The molecule has 0 radical (unpaired) electrons. The van der Waals surface area contributed by atoms with Gasteiger partial charge in [0.05, 0.1) is 17.4 Å². The molecule has 0 saturated carbocycles. The van der Waals surface area contributed by atoms with Gasteiger partial charge in [-0.1, -0.05) is 12.1 Å². The van der Waals surface area contributed by atoms with E-state index in [-0.39, 0.29) is 11.4 Å². The Labute approximate surface area is 106 Å². The highest BCUT2D eigenvalue weighted by Gasteiger charge is 2.13. The fourth-order valence-electron chi connectivity index (χ4n) is 1.46. The van der Waals surface area contributed by atoms with Crippen LogP contribution in [0.3, 0.4) is 0 Å². The lowest BCUT2D eigenvalue weighted by Gasteiger charge is -2.06. The maximum atomic E-state index is 12.0. The number of rotatable bonds is 5. The van der Waals surface area contributed by atoms with E-state index in [9.17, 15) is 8.42 Å². The van der Waals surface area contributed by atoms with Gasteiger partial charge in [0.15, 0.2) is 0 Å². The Hall–Kier alpha value is -1.63. The molecule has 0 amide bonds. The second-order valence-electron chi connectivity index (χ2n) is 3.80.